The molecule has 1 aliphatic heterocycles. The van der Waals surface area contributed by atoms with Crippen LogP contribution in [0.1, 0.15) is 22.6 Å². The summed E-state index contributed by atoms with van der Waals surface area (Å²) in [6.07, 6.45) is 7.08. The van der Waals surface area contributed by atoms with Gasteiger partial charge in [0, 0.05) is 28.1 Å². The molecular formula is C31H23NO. The first-order valence-electron chi connectivity index (χ1n) is 11.5. The quantitative estimate of drug-likeness (QED) is 0.284. The van der Waals surface area contributed by atoms with Crippen molar-refractivity contribution in [3.05, 3.63) is 126 Å². The molecule has 7 rings (SSSR count). The van der Waals surface area contributed by atoms with Gasteiger partial charge < -0.3 is 9.32 Å². The number of rotatable bonds is 2. The topological polar surface area (TPSA) is 16.4 Å². The summed E-state index contributed by atoms with van der Waals surface area (Å²) in [7, 11) is 0. The number of fused-ring (bicyclic) bond motifs is 6. The molecule has 2 heteroatoms. The predicted molar refractivity (Wildman–Crippen MR) is 137 cm³/mol. The molecule has 158 valence electrons. The van der Waals surface area contributed by atoms with Crippen molar-refractivity contribution >= 4 is 38.9 Å². The van der Waals surface area contributed by atoms with E-state index < -0.39 is 0 Å². The maximum atomic E-state index is 6.16. The summed E-state index contributed by atoms with van der Waals surface area (Å²) < 4.78 is 6.16. The number of nitrogens with zero attached hydrogens (tertiary/aromatic N) is 1. The lowest BCUT2D eigenvalue weighted by Crippen LogP contribution is -2.29. The van der Waals surface area contributed by atoms with Crippen molar-refractivity contribution in [1.29, 1.82) is 0 Å². The van der Waals surface area contributed by atoms with Crippen LogP contribution < -0.4 is 4.90 Å². The van der Waals surface area contributed by atoms with Crippen LogP contribution in [0.5, 0.6) is 0 Å². The van der Waals surface area contributed by atoms with Gasteiger partial charge in [0.05, 0.1) is 6.04 Å². The second-order valence-corrected chi connectivity index (χ2v) is 9.07. The van der Waals surface area contributed by atoms with E-state index >= 15 is 0 Å². The van der Waals surface area contributed by atoms with Crippen LogP contribution in [-0.2, 0) is 0 Å². The molecule has 0 fully saturated rings. The van der Waals surface area contributed by atoms with E-state index in [9.17, 15) is 0 Å². The zero-order chi connectivity index (χ0) is 21.9. The smallest absolute Gasteiger partial charge is 0.136 e. The molecule has 2 nitrogen and oxygen atoms in total. The Bertz CT molecular complexity index is 1600. The number of furan rings is 1. The molecule has 0 N–H and O–H groups in total. The Labute approximate surface area is 193 Å². The monoisotopic (exact) mass is 425 g/mol. The van der Waals surface area contributed by atoms with Gasteiger partial charge in [-0.15, -0.1) is 0 Å². The zero-order valence-corrected chi connectivity index (χ0v) is 18.4. The summed E-state index contributed by atoms with van der Waals surface area (Å²) in [5, 5.41) is 2.34. The highest BCUT2D eigenvalue weighted by molar-refractivity contribution is 6.05. The van der Waals surface area contributed by atoms with Crippen LogP contribution in [0.15, 0.2) is 114 Å². The van der Waals surface area contributed by atoms with E-state index in [1.165, 1.54) is 44.4 Å². The highest BCUT2D eigenvalue weighted by Gasteiger charge is 2.38. The molecule has 0 spiro atoms. The summed E-state index contributed by atoms with van der Waals surface area (Å²) in [4.78, 5) is 2.50. The van der Waals surface area contributed by atoms with Crippen molar-refractivity contribution in [2.45, 2.75) is 18.9 Å². The van der Waals surface area contributed by atoms with E-state index in [2.05, 4.69) is 109 Å². The summed E-state index contributed by atoms with van der Waals surface area (Å²) in [5.41, 5.74) is 9.52. The number of anilines is 2. The van der Waals surface area contributed by atoms with Gasteiger partial charge in [-0.05, 0) is 65.6 Å². The number of allylic oxidation sites excluding steroid dienone is 2. The lowest BCUT2D eigenvalue weighted by atomic mass is 9.86. The van der Waals surface area contributed by atoms with Crippen LogP contribution in [-0.4, -0.2) is 6.04 Å². The highest BCUT2D eigenvalue weighted by Crippen LogP contribution is 2.49. The number of hydrogen-bond donors (Lipinski definition) is 0. The van der Waals surface area contributed by atoms with Gasteiger partial charge in [-0.3, -0.25) is 0 Å². The van der Waals surface area contributed by atoms with E-state index in [4.69, 9.17) is 4.42 Å². The van der Waals surface area contributed by atoms with Gasteiger partial charge >= 0.3 is 0 Å². The van der Waals surface area contributed by atoms with Gasteiger partial charge in [-0.25, -0.2) is 0 Å². The normalized spacial score (nSPS) is 19.1. The molecule has 0 radical (unpaired) electrons. The molecule has 2 heterocycles. The van der Waals surface area contributed by atoms with Crippen molar-refractivity contribution in [3.8, 4) is 0 Å². The molecule has 0 bridgehead atoms. The zero-order valence-electron chi connectivity index (χ0n) is 18.4. The van der Waals surface area contributed by atoms with Gasteiger partial charge in [0.1, 0.15) is 11.2 Å². The van der Waals surface area contributed by atoms with Crippen molar-refractivity contribution in [1.82, 2.24) is 0 Å². The standard InChI is InChI=1S/C31H23NO/c1-20-7-6-8-23(17-20)32-28-11-4-2-9-24(28)25-15-13-21(18-29(25)32)22-14-16-27-26-10-3-5-12-30(26)33-31(27)19-22/h2-19,25,29H,1H3. The van der Waals surface area contributed by atoms with Crippen molar-refractivity contribution in [3.63, 3.8) is 0 Å². The van der Waals surface area contributed by atoms with Gasteiger partial charge in [-0.2, -0.15) is 0 Å². The molecule has 2 unspecified atom stereocenters. The molecule has 4 aromatic carbocycles. The van der Waals surface area contributed by atoms with Crippen molar-refractivity contribution in [2.75, 3.05) is 4.90 Å². The molecule has 33 heavy (non-hydrogen) atoms. The van der Waals surface area contributed by atoms with E-state index in [1.54, 1.807) is 0 Å². The first-order valence-corrected chi connectivity index (χ1v) is 11.5. The lowest BCUT2D eigenvalue weighted by Gasteiger charge is -2.30. The van der Waals surface area contributed by atoms with Crippen LogP contribution in [0.2, 0.25) is 0 Å². The Morgan fingerprint density at radius 1 is 0.758 bits per heavy atom. The predicted octanol–water partition coefficient (Wildman–Crippen LogP) is 8.15. The van der Waals surface area contributed by atoms with E-state index in [0.717, 1.165) is 11.2 Å². The molecular weight excluding hydrogens is 402 g/mol. The van der Waals surface area contributed by atoms with Crippen LogP contribution in [0, 0.1) is 6.92 Å². The van der Waals surface area contributed by atoms with E-state index in [-0.39, 0.29) is 6.04 Å². The minimum atomic E-state index is 0.246. The Kier molecular flexibility index (Phi) is 3.92. The number of hydrogen-bond acceptors (Lipinski definition) is 2. The van der Waals surface area contributed by atoms with Gasteiger partial charge in [0.15, 0.2) is 0 Å². The summed E-state index contributed by atoms with van der Waals surface area (Å²) in [6.45, 7) is 2.16. The van der Waals surface area contributed by atoms with Crippen molar-refractivity contribution in [2.24, 2.45) is 0 Å². The van der Waals surface area contributed by atoms with Crippen LogP contribution >= 0.6 is 0 Å². The molecule has 5 aromatic rings. The second-order valence-electron chi connectivity index (χ2n) is 9.07. The molecule has 2 aliphatic rings. The maximum absolute atomic E-state index is 6.16. The lowest BCUT2D eigenvalue weighted by molar-refractivity contribution is 0.669. The first-order chi connectivity index (χ1) is 16.3. The molecule has 0 saturated carbocycles. The first kappa shape index (κ1) is 18.5. The third kappa shape index (κ3) is 2.81. The fourth-order valence-electron chi connectivity index (χ4n) is 5.52. The third-order valence-corrected chi connectivity index (χ3v) is 7.05. The fourth-order valence-corrected chi connectivity index (χ4v) is 5.52. The second kappa shape index (κ2) is 6.98. The van der Waals surface area contributed by atoms with Gasteiger partial charge in [0.2, 0.25) is 0 Å². The third-order valence-electron chi connectivity index (χ3n) is 7.05. The Balaban J connectivity index is 1.35. The fraction of sp³-hybridized carbons (Fsp3) is 0.0968. The number of benzene rings is 4. The summed E-state index contributed by atoms with van der Waals surface area (Å²) >= 11 is 0. The average molecular weight is 426 g/mol. The molecule has 2 atom stereocenters. The number of aryl methyl sites for hydroxylation is 1. The molecule has 0 saturated heterocycles. The Morgan fingerprint density at radius 3 is 2.55 bits per heavy atom. The van der Waals surface area contributed by atoms with Crippen LogP contribution in [0.3, 0.4) is 0 Å². The molecule has 1 aromatic heterocycles. The van der Waals surface area contributed by atoms with E-state index in [0.29, 0.717) is 5.92 Å². The highest BCUT2D eigenvalue weighted by atomic mass is 16.3. The van der Waals surface area contributed by atoms with Gasteiger partial charge in [0.25, 0.3) is 0 Å². The average Bonchev–Trinajstić information content (AvgIpc) is 3.38. The summed E-state index contributed by atoms with van der Waals surface area (Å²) in [5.74, 6) is 0.348. The SMILES string of the molecule is Cc1cccc(N2c3ccccc3C3C=CC(c4ccc5c(c4)oc4ccccc45)=CC32)c1. The van der Waals surface area contributed by atoms with Crippen molar-refractivity contribution < 1.29 is 4.42 Å². The largest absolute Gasteiger partial charge is 0.456 e. The minimum Gasteiger partial charge on any atom is -0.456 e. The Morgan fingerprint density at radius 2 is 1.61 bits per heavy atom. The van der Waals surface area contributed by atoms with E-state index in [1.807, 2.05) is 12.1 Å². The maximum Gasteiger partial charge on any atom is 0.136 e. The number of para-hydroxylation sites is 2. The van der Waals surface area contributed by atoms with Crippen LogP contribution in [0.4, 0.5) is 11.4 Å². The molecule has 1 aliphatic carbocycles. The molecule has 0 amide bonds. The minimum absolute atomic E-state index is 0.246. The Hall–Kier alpha value is -4.04. The van der Waals surface area contributed by atoms with Gasteiger partial charge in [-0.1, -0.05) is 72.8 Å². The summed E-state index contributed by atoms with van der Waals surface area (Å²) in [6, 6.07) is 32.7. The van der Waals surface area contributed by atoms with Crippen LogP contribution in [0.25, 0.3) is 27.5 Å².